The van der Waals surface area contributed by atoms with E-state index in [0.29, 0.717) is 5.58 Å². The summed E-state index contributed by atoms with van der Waals surface area (Å²) < 4.78 is 10.7. The Labute approximate surface area is 144 Å². The molecular weight excluding hydrogens is 312 g/mol. The number of hydrogen-bond acceptors (Lipinski definition) is 3. The Morgan fingerprint density at radius 2 is 1.68 bits per heavy atom. The smallest absolute Gasteiger partial charge is 0.336 e. The van der Waals surface area contributed by atoms with Gasteiger partial charge in [0.15, 0.2) is 0 Å². The van der Waals surface area contributed by atoms with Crippen LogP contribution in [0, 0.1) is 0 Å². The molecule has 25 heavy (non-hydrogen) atoms. The average molecular weight is 328 g/mol. The number of methoxy groups -OCH3 is 1. The molecule has 0 saturated heterocycles. The van der Waals surface area contributed by atoms with Crippen molar-refractivity contribution in [3.05, 3.63) is 88.3 Å². The SMILES string of the molecule is COc1ccc(/C=C/c2cc(=O)oc3c2ccc2ccccc23)cc1. The summed E-state index contributed by atoms with van der Waals surface area (Å²) in [6, 6.07) is 21.2. The molecule has 1 aromatic heterocycles. The fourth-order valence-electron chi connectivity index (χ4n) is 2.95. The number of hydrogen-bond donors (Lipinski definition) is 0. The summed E-state index contributed by atoms with van der Waals surface area (Å²) in [6.45, 7) is 0. The molecule has 0 aliphatic carbocycles. The molecule has 4 rings (SSSR count). The molecule has 0 saturated carbocycles. The molecule has 0 spiro atoms. The van der Waals surface area contributed by atoms with Crippen molar-refractivity contribution in [1.29, 1.82) is 0 Å². The molecule has 0 aliphatic rings. The van der Waals surface area contributed by atoms with Crippen LogP contribution in [-0.2, 0) is 0 Å². The van der Waals surface area contributed by atoms with Gasteiger partial charge < -0.3 is 9.15 Å². The lowest BCUT2D eigenvalue weighted by molar-refractivity contribution is 0.415. The first-order valence-corrected chi connectivity index (χ1v) is 8.02. The molecule has 0 aliphatic heterocycles. The van der Waals surface area contributed by atoms with Gasteiger partial charge in [-0.15, -0.1) is 0 Å². The van der Waals surface area contributed by atoms with Gasteiger partial charge in [-0.25, -0.2) is 4.79 Å². The Kier molecular flexibility index (Phi) is 3.82. The Morgan fingerprint density at radius 1 is 0.880 bits per heavy atom. The maximum atomic E-state index is 12.0. The number of benzene rings is 3. The van der Waals surface area contributed by atoms with Crippen LogP contribution in [-0.4, -0.2) is 7.11 Å². The third-order valence-electron chi connectivity index (χ3n) is 4.24. The lowest BCUT2D eigenvalue weighted by atomic mass is 10.0. The molecule has 122 valence electrons. The van der Waals surface area contributed by atoms with E-state index < -0.39 is 0 Å². The highest BCUT2D eigenvalue weighted by Gasteiger charge is 2.07. The summed E-state index contributed by atoms with van der Waals surface area (Å²) in [5.74, 6) is 0.814. The molecule has 0 radical (unpaired) electrons. The molecule has 1 heterocycles. The van der Waals surface area contributed by atoms with E-state index >= 15 is 0 Å². The van der Waals surface area contributed by atoms with Gasteiger partial charge in [-0.05, 0) is 34.7 Å². The molecule has 0 atom stereocenters. The Balaban J connectivity index is 1.84. The fraction of sp³-hybridized carbons (Fsp3) is 0.0455. The molecule has 0 fully saturated rings. The number of rotatable bonds is 3. The number of fused-ring (bicyclic) bond motifs is 3. The summed E-state index contributed by atoms with van der Waals surface area (Å²) in [5, 5.41) is 2.91. The van der Waals surface area contributed by atoms with E-state index in [-0.39, 0.29) is 5.63 Å². The average Bonchev–Trinajstić information content (AvgIpc) is 2.66. The largest absolute Gasteiger partial charge is 0.497 e. The zero-order valence-electron chi connectivity index (χ0n) is 13.7. The van der Waals surface area contributed by atoms with Crippen molar-refractivity contribution >= 4 is 33.9 Å². The van der Waals surface area contributed by atoms with Crippen molar-refractivity contribution in [2.45, 2.75) is 0 Å². The second-order valence-electron chi connectivity index (χ2n) is 5.79. The molecule has 3 aromatic carbocycles. The van der Waals surface area contributed by atoms with Gasteiger partial charge in [-0.2, -0.15) is 0 Å². The molecule has 0 amide bonds. The summed E-state index contributed by atoms with van der Waals surface area (Å²) in [5.41, 5.74) is 2.15. The normalized spacial score (nSPS) is 11.4. The zero-order chi connectivity index (χ0) is 17.2. The van der Waals surface area contributed by atoms with Crippen LogP contribution in [0.2, 0.25) is 0 Å². The Bertz CT molecular complexity index is 1140. The topological polar surface area (TPSA) is 39.4 Å². The maximum Gasteiger partial charge on any atom is 0.336 e. The molecular formula is C22H16O3. The van der Waals surface area contributed by atoms with Gasteiger partial charge >= 0.3 is 5.63 Å². The van der Waals surface area contributed by atoms with Crippen molar-refractivity contribution in [2.75, 3.05) is 7.11 Å². The van der Waals surface area contributed by atoms with Gasteiger partial charge in [0, 0.05) is 16.8 Å². The zero-order valence-corrected chi connectivity index (χ0v) is 13.7. The summed E-state index contributed by atoms with van der Waals surface area (Å²) in [7, 11) is 1.64. The van der Waals surface area contributed by atoms with E-state index in [1.54, 1.807) is 7.11 Å². The van der Waals surface area contributed by atoms with E-state index in [0.717, 1.165) is 33.0 Å². The summed E-state index contributed by atoms with van der Waals surface area (Å²) in [4.78, 5) is 12.0. The second-order valence-corrected chi connectivity index (χ2v) is 5.79. The van der Waals surface area contributed by atoms with Crippen LogP contribution < -0.4 is 10.4 Å². The van der Waals surface area contributed by atoms with E-state index in [1.807, 2.05) is 72.8 Å². The van der Waals surface area contributed by atoms with E-state index in [2.05, 4.69) is 0 Å². The van der Waals surface area contributed by atoms with Crippen LogP contribution in [0.3, 0.4) is 0 Å². The second kappa shape index (κ2) is 6.29. The summed E-state index contributed by atoms with van der Waals surface area (Å²) >= 11 is 0. The van der Waals surface area contributed by atoms with Crippen molar-refractivity contribution in [3.63, 3.8) is 0 Å². The van der Waals surface area contributed by atoms with Gasteiger partial charge in [-0.1, -0.05) is 54.6 Å². The van der Waals surface area contributed by atoms with Crippen LogP contribution >= 0.6 is 0 Å². The van der Waals surface area contributed by atoms with Gasteiger partial charge in [-0.3, -0.25) is 0 Å². The minimum Gasteiger partial charge on any atom is -0.497 e. The first-order valence-electron chi connectivity index (χ1n) is 8.02. The van der Waals surface area contributed by atoms with Gasteiger partial charge in [0.25, 0.3) is 0 Å². The molecule has 0 N–H and O–H groups in total. The van der Waals surface area contributed by atoms with Crippen molar-refractivity contribution in [2.24, 2.45) is 0 Å². The van der Waals surface area contributed by atoms with Crippen molar-refractivity contribution < 1.29 is 9.15 Å². The third kappa shape index (κ3) is 2.92. The standard InChI is InChI=1S/C22H16O3/c1-24-18-11-7-15(8-12-18)6-9-17-14-21(23)25-22-19-5-3-2-4-16(19)10-13-20(17)22/h2-14H,1H3/b9-6+. The highest BCUT2D eigenvalue weighted by Crippen LogP contribution is 2.27. The Morgan fingerprint density at radius 3 is 2.48 bits per heavy atom. The summed E-state index contributed by atoms with van der Waals surface area (Å²) in [6.07, 6.45) is 3.92. The van der Waals surface area contributed by atoms with E-state index in [9.17, 15) is 4.79 Å². The van der Waals surface area contributed by atoms with Crippen LogP contribution in [0.1, 0.15) is 11.1 Å². The van der Waals surface area contributed by atoms with Gasteiger partial charge in [0.2, 0.25) is 0 Å². The van der Waals surface area contributed by atoms with Crippen LogP contribution in [0.4, 0.5) is 0 Å². The van der Waals surface area contributed by atoms with Gasteiger partial charge in [0.1, 0.15) is 11.3 Å². The molecule has 0 bridgehead atoms. The highest BCUT2D eigenvalue weighted by molar-refractivity contribution is 6.06. The predicted octanol–water partition coefficient (Wildman–Crippen LogP) is 5.13. The first kappa shape index (κ1) is 15.2. The molecule has 0 unspecified atom stereocenters. The molecule has 4 aromatic rings. The predicted molar refractivity (Wildman–Crippen MR) is 102 cm³/mol. The quantitative estimate of drug-likeness (QED) is 0.387. The molecule has 3 heteroatoms. The number of ether oxygens (including phenoxy) is 1. The lowest BCUT2D eigenvalue weighted by Gasteiger charge is -2.05. The van der Waals surface area contributed by atoms with Crippen LogP contribution in [0.15, 0.2) is 75.9 Å². The van der Waals surface area contributed by atoms with E-state index in [1.165, 1.54) is 6.07 Å². The highest BCUT2D eigenvalue weighted by atomic mass is 16.5. The lowest BCUT2D eigenvalue weighted by Crippen LogP contribution is -1.98. The van der Waals surface area contributed by atoms with E-state index in [4.69, 9.17) is 9.15 Å². The van der Waals surface area contributed by atoms with Crippen LogP contribution in [0.5, 0.6) is 5.75 Å². The first-order chi connectivity index (χ1) is 12.2. The van der Waals surface area contributed by atoms with Crippen molar-refractivity contribution in [3.8, 4) is 5.75 Å². The van der Waals surface area contributed by atoms with Gasteiger partial charge in [0.05, 0.1) is 7.11 Å². The monoisotopic (exact) mass is 328 g/mol. The maximum absolute atomic E-state index is 12.0. The fourth-order valence-corrected chi connectivity index (χ4v) is 2.95. The molecule has 3 nitrogen and oxygen atoms in total. The third-order valence-corrected chi connectivity index (χ3v) is 4.24. The minimum absolute atomic E-state index is 0.349. The Hall–Kier alpha value is -3.33. The van der Waals surface area contributed by atoms with Crippen LogP contribution in [0.25, 0.3) is 33.9 Å². The van der Waals surface area contributed by atoms with Crippen molar-refractivity contribution in [1.82, 2.24) is 0 Å². The minimum atomic E-state index is -0.349.